The quantitative estimate of drug-likeness (QED) is 0.479. The fourth-order valence-corrected chi connectivity index (χ4v) is 1.65. The summed E-state index contributed by atoms with van der Waals surface area (Å²) in [4.78, 5) is 3.47. The van der Waals surface area contributed by atoms with Crippen LogP contribution in [0.5, 0.6) is 5.75 Å². The third kappa shape index (κ3) is 4.16. The minimum absolute atomic E-state index is 0.0121. The molecule has 0 fully saturated rings. The van der Waals surface area contributed by atoms with Gasteiger partial charge in [-0.05, 0) is 32.7 Å². The van der Waals surface area contributed by atoms with E-state index in [9.17, 15) is 4.39 Å². The van der Waals surface area contributed by atoms with Crippen molar-refractivity contribution in [2.75, 3.05) is 7.11 Å². The van der Waals surface area contributed by atoms with Gasteiger partial charge in [-0.25, -0.2) is 9.38 Å². The molecule has 0 amide bonds. The molecule has 0 aliphatic rings. The van der Waals surface area contributed by atoms with Crippen LogP contribution in [0.4, 0.5) is 4.39 Å². The molecule has 0 spiro atoms. The number of ether oxygens (including phenoxy) is 1. The average molecular weight is 277 g/mol. The van der Waals surface area contributed by atoms with Crippen molar-refractivity contribution in [2.24, 2.45) is 4.40 Å². The molecule has 6 heteroatoms. The van der Waals surface area contributed by atoms with Gasteiger partial charge in [-0.15, -0.1) is 0 Å². The van der Waals surface area contributed by atoms with E-state index in [1.54, 1.807) is 0 Å². The second-order valence-corrected chi connectivity index (χ2v) is 6.28. The van der Waals surface area contributed by atoms with Crippen molar-refractivity contribution in [3.63, 3.8) is 0 Å². The lowest BCUT2D eigenvalue weighted by atomic mass is 10.2. The molecule has 0 radical (unpaired) electrons. The molecule has 0 aliphatic carbocycles. The van der Waals surface area contributed by atoms with Crippen LogP contribution >= 0.6 is 23.5 Å². The van der Waals surface area contributed by atoms with Gasteiger partial charge in [-0.1, -0.05) is 11.6 Å². The number of aromatic nitrogens is 1. The van der Waals surface area contributed by atoms with Gasteiger partial charge in [0.2, 0.25) is 5.95 Å². The van der Waals surface area contributed by atoms with Crippen molar-refractivity contribution in [1.82, 2.24) is 4.98 Å². The predicted molar refractivity (Wildman–Crippen MR) is 70.7 cm³/mol. The van der Waals surface area contributed by atoms with E-state index in [2.05, 4.69) is 9.38 Å². The average Bonchev–Trinajstić information content (AvgIpc) is 2.23. The summed E-state index contributed by atoms with van der Waals surface area (Å²) in [5.41, 5.74) is 0.401. The second kappa shape index (κ2) is 5.69. The van der Waals surface area contributed by atoms with E-state index in [1.165, 1.54) is 31.5 Å². The van der Waals surface area contributed by atoms with Crippen LogP contribution in [0.15, 0.2) is 10.6 Å². The zero-order chi connectivity index (χ0) is 13.1. The molecule has 0 saturated heterocycles. The molecule has 0 saturated carbocycles. The summed E-state index contributed by atoms with van der Waals surface area (Å²) in [6.45, 7) is 6.09. The zero-order valence-electron chi connectivity index (χ0n) is 10.1. The van der Waals surface area contributed by atoms with Gasteiger partial charge in [-0.3, -0.25) is 0 Å². The second-order valence-electron chi connectivity index (χ2n) is 4.28. The molecule has 0 bridgehead atoms. The van der Waals surface area contributed by atoms with Crippen LogP contribution in [-0.4, -0.2) is 23.1 Å². The molecule has 0 unspecified atom stereocenters. The Balaban J connectivity index is 3.00. The molecule has 1 aromatic rings. The maximum atomic E-state index is 13.2. The predicted octanol–water partition coefficient (Wildman–Crippen LogP) is 3.75. The highest BCUT2D eigenvalue weighted by atomic mass is 35.5. The molecule has 0 aliphatic heterocycles. The van der Waals surface area contributed by atoms with Gasteiger partial charge in [0.05, 0.1) is 18.9 Å². The lowest BCUT2D eigenvalue weighted by Gasteiger charge is -2.12. The molecular formula is C11H14ClFN2OS. The maximum absolute atomic E-state index is 13.2. The molecule has 0 atom stereocenters. The van der Waals surface area contributed by atoms with E-state index < -0.39 is 5.95 Å². The summed E-state index contributed by atoms with van der Waals surface area (Å²) in [6, 6.07) is 0. The maximum Gasteiger partial charge on any atom is 0.232 e. The first kappa shape index (κ1) is 14.3. The lowest BCUT2D eigenvalue weighted by Crippen LogP contribution is -2.05. The normalized spacial score (nSPS) is 12.1. The Hall–Kier alpha value is -0.810. The Morgan fingerprint density at radius 1 is 1.53 bits per heavy atom. The fraction of sp³-hybridized carbons (Fsp3) is 0.455. The van der Waals surface area contributed by atoms with Gasteiger partial charge in [0.1, 0.15) is 10.8 Å². The fourth-order valence-electron chi connectivity index (χ4n) is 0.981. The smallest absolute Gasteiger partial charge is 0.232 e. The largest absolute Gasteiger partial charge is 0.494 e. The Labute approximate surface area is 110 Å². The molecule has 0 aromatic carbocycles. The van der Waals surface area contributed by atoms with Gasteiger partial charge in [0.25, 0.3) is 0 Å². The number of pyridine rings is 1. The number of hydrogen-bond acceptors (Lipinski definition) is 4. The first-order valence-electron chi connectivity index (χ1n) is 4.94. The van der Waals surface area contributed by atoms with Crippen molar-refractivity contribution >= 4 is 29.8 Å². The van der Waals surface area contributed by atoms with E-state index in [-0.39, 0.29) is 9.77 Å². The SMILES string of the molecule is COc1cnc(F)c(Cl)c1/C=N/SC(C)(C)C. The molecular weight excluding hydrogens is 263 g/mol. The third-order valence-electron chi connectivity index (χ3n) is 1.71. The summed E-state index contributed by atoms with van der Waals surface area (Å²) >= 11 is 7.18. The van der Waals surface area contributed by atoms with Crippen molar-refractivity contribution < 1.29 is 9.13 Å². The van der Waals surface area contributed by atoms with Gasteiger partial charge in [0, 0.05) is 11.0 Å². The van der Waals surface area contributed by atoms with Crippen LogP contribution in [0.3, 0.4) is 0 Å². The van der Waals surface area contributed by atoms with Crippen LogP contribution in [0.1, 0.15) is 26.3 Å². The molecule has 1 rings (SSSR count). The number of nitrogens with zero attached hydrogens (tertiary/aromatic N) is 2. The standard InChI is InChI=1S/C11H14ClFN2OS/c1-11(2,3)17-15-5-7-8(16-4)6-14-10(13)9(7)12/h5-6H,1-4H3/b15-5+. The molecule has 1 aromatic heterocycles. The zero-order valence-corrected chi connectivity index (χ0v) is 11.7. The van der Waals surface area contributed by atoms with Gasteiger partial charge in [0.15, 0.2) is 0 Å². The van der Waals surface area contributed by atoms with E-state index in [0.717, 1.165) is 0 Å². The van der Waals surface area contributed by atoms with Gasteiger partial charge >= 0.3 is 0 Å². The molecule has 94 valence electrons. The number of hydrogen-bond donors (Lipinski definition) is 0. The molecule has 1 heterocycles. The number of halogens is 2. The van der Waals surface area contributed by atoms with Crippen molar-refractivity contribution in [1.29, 1.82) is 0 Å². The lowest BCUT2D eigenvalue weighted by molar-refractivity contribution is 0.409. The summed E-state index contributed by atoms with van der Waals surface area (Å²) in [5.74, 6) is -0.329. The van der Waals surface area contributed by atoms with Crippen molar-refractivity contribution in [3.8, 4) is 5.75 Å². The monoisotopic (exact) mass is 276 g/mol. The number of methoxy groups -OCH3 is 1. The number of rotatable bonds is 3. The van der Waals surface area contributed by atoms with E-state index in [1.807, 2.05) is 20.8 Å². The van der Waals surface area contributed by atoms with Crippen LogP contribution in [-0.2, 0) is 0 Å². The summed E-state index contributed by atoms with van der Waals surface area (Å²) in [5, 5.41) is -0.0809. The third-order valence-corrected chi connectivity index (χ3v) is 2.82. The highest BCUT2D eigenvalue weighted by Gasteiger charge is 2.13. The van der Waals surface area contributed by atoms with Gasteiger partial charge in [-0.2, -0.15) is 4.39 Å². The Kier molecular flexibility index (Phi) is 4.77. The van der Waals surface area contributed by atoms with Crippen LogP contribution < -0.4 is 4.74 Å². The Morgan fingerprint density at radius 3 is 2.71 bits per heavy atom. The van der Waals surface area contributed by atoms with E-state index in [4.69, 9.17) is 16.3 Å². The van der Waals surface area contributed by atoms with Crippen LogP contribution in [0.25, 0.3) is 0 Å². The summed E-state index contributed by atoms with van der Waals surface area (Å²) in [6.07, 6.45) is 2.77. The highest BCUT2D eigenvalue weighted by Crippen LogP contribution is 2.28. The van der Waals surface area contributed by atoms with Crippen molar-refractivity contribution in [3.05, 3.63) is 22.7 Å². The van der Waals surface area contributed by atoms with Crippen molar-refractivity contribution in [2.45, 2.75) is 25.5 Å². The van der Waals surface area contributed by atoms with Crippen LogP contribution in [0, 0.1) is 5.95 Å². The van der Waals surface area contributed by atoms with Crippen LogP contribution in [0.2, 0.25) is 5.02 Å². The minimum Gasteiger partial charge on any atom is -0.494 e. The topological polar surface area (TPSA) is 34.5 Å². The summed E-state index contributed by atoms with van der Waals surface area (Å²) < 4.78 is 22.4. The molecule has 17 heavy (non-hydrogen) atoms. The first-order chi connectivity index (χ1) is 7.85. The molecule has 0 N–H and O–H groups in total. The highest BCUT2D eigenvalue weighted by molar-refractivity contribution is 7.99. The summed E-state index contributed by atoms with van der Waals surface area (Å²) in [7, 11) is 1.47. The Bertz CT molecular complexity index is 432. The molecule has 3 nitrogen and oxygen atoms in total. The Morgan fingerprint density at radius 2 is 2.18 bits per heavy atom. The van der Waals surface area contributed by atoms with Gasteiger partial charge < -0.3 is 4.74 Å². The van der Waals surface area contributed by atoms with E-state index in [0.29, 0.717) is 11.3 Å². The van der Waals surface area contributed by atoms with E-state index >= 15 is 0 Å². The minimum atomic E-state index is -0.727. The first-order valence-corrected chi connectivity index (χ1v) is 6.10.